The number of unbranched alkanes of at least 4 members (excludes halogenated alkanes) is 14. The lowest BCUT2D eigenvalue weighted by molar-refractivity contribution is -0.870. The van der Waals surface area contributed by atoms with Crippen LogP contribution in [-0.2, 0) is 33.3 Å². The fraction of sp³-hybridized carbons (Fsp3) is 0.679. The molecular weight excluding hydrogens is 779 g/mol. The van der Waals surface area contributed by atoms with E-state index in [2.05, 4.69) is 98.9 Å². The van der Waals surface area contributed by atoms with Gasteiger partial charge in [-0.05, 0) is 83.5 Å². The van der Waals surface area contributed by atoms with Gasteiger partial charge in [0.05, 0.1) is 40.3 Å². The summed E-state index contributed by atoms with van der Waals surface area (Å²) in [6, 6.07) is 0. The summed E-state index contributed by atoms with van der Waals surface area (Å²) in [5.74, 6) is -2.33. The molecule has 0 rings (SSSR count). The average molecular weight is 868 g/mol. The predicted molar refractivity (Wildman–Crippen MR) is 255 cm³/mol. The molecule has 354 valence electrons. The van der Waals surface area contributed by atoms with Gasteiger partial charge in [-0.15, -0.1) is 0 Å². The number of hydrogen-bond donors (Lipinski definition) is 0. The normalized spacial score (nSPS) is 13.6. The second-order valence-electron chi connectivity index (χ2n) is 17.0. The van der Waals surface area contributed by atoms with Crippen molar-refractivity contribution in [2.45, 2.75) is 187 Å². The van der Waals surface area contributed by atoms with Crippen LogP contribution in [-0.4, -0.2) is 82.3 Å². The molecule has 2 atom stereocenters. The van der Waals surface area contributed by atoms with Gasteiger partial charge in [0.25, 0.3) is 0 Å². The van der Waals surface area contributed by atoms with Crippen LogP contribution in [0.25, 0.3) is 0 Å². The van der Waals surface area contributed by atoms with Gasteiger partial charge in [0, 0.05) is 12.8 Å². The van der Waals surface area contributed by atoms with Crippen LogP contribution in [0.4, 0.5) is 0 Å². The van der Waals surface area contributed by atoms with Crippen LogP contribution in [0.1, 0.15) is 174 Å². The Morgan fingerprint density at radius 1 is 0.500 bits per heavy atom. The number of quaternary nitrogens is 1. The first kappa shape index (κ1) is 58.5. The zero-order valence-electron chi connectivity index (χ0n) is 40.0. The molecule has 2 unspecified atom stereocenters. The number of carbonyl (C=O) groups excluding carboxylic acids is 3. The van der Waals surface area contributed by atoms with Crippen LogP contribution in [0.3, 0.4) is 0 Å². The summed E-state index contributed by atoms with van der Waals surface area (Å²) in [4.78, 5) is 37.1. The SMILES string of the molecule is CC/C=C\C/C=C\C/C=C\C/C=C\C/C=C\CCCCCCCCCC(=O)OC(COC(=O)CCCCCCC/C=C\C/C=C\CCCC)COC(OCC[N+](C)(C)C)C(=O)[O-]. The number of carboxylic acids is 1. The summed E-state index contributed by atoms with van der Waals surface area (Å²) in [5.41, 5.74) is 0. The largest absolute Gasteiger partial charge is 0.545 e. The number of hydrogen-bond acceptors (Lipinski definition) is 8. The summed E-state index contributed by atoms with van der Waals surface area (Å²) >= 11 is 0. The molecule has 62 heavy (non-hydrogen) atoms. The highest BCUT2D eigenvalue weighted by molar-refractivity contribution is 5.70. The van der Waals surface area contributed by atoms with E-state index in [-0.39, 0.29) is 38.6 Å². The van der Waals surface area contributed by atoms with E-state index in [1.165, 1.54) is 32.1 Å². The van der Waals surface area contributed by atoms with E-state index >= 15 is 0 Å². The van der Waals surface area contributed by atoms with Crippen molar-refractivity contribution in [3.63, 3.8) is 0 Å². The second-order valence-corrected chi connectivity index (χ2v) is 17.0. The summed E-state index contributed by atoms with van der Waals surface area (Å²) < 4.78 is 22.6. The molecule has 0 aliphatic heterocycles. The van der Waals surface area contributed by atoms with Crippen LogP contribution in [0.5, 0.6) is 0 Å². The zero-order chi connectivity index (χ0) is 45.6. The number of allylic oxidation sites excluding steroid dienone is 14. The van der Waals surface area contributed by atoms with E-state index in [0.29, 0.717) is 17.4 Å². The number of carboxylic acid groups (broad SMARTS) is 1. The third-order valence-electron chi connectivity index (χ3n) is 9.88. The molecule has 0 aromatic rings. The number of esters is 2. The number of ether oxygens (including phenoxy) is 4. The standard InChI is InChI=1S/C53H89NO8/c1-6-8-10-12-14-16-18-20-22-23-24-25-26-27-28-29-30-32-34-36-38-40-42-44-51(56)62-49(48-61-53(52(57)58)59-46-45-54(3,4)5)47-60-50(55)43-41-39-37-35-33-31-21-19-17-15-13-11-9-7-2/h8,10,13-16,19-22,24-25,27-28,49,53H,6-7,9,11-12,17-18,23,26,29-48H2,1-5H3/b10-8-,15-13-,16-14-,21-19-,22-20-,25-24-,28-27-. The second kappa shape index (κ2) is 44.1. The van der Waals surface area contributed by atoms with Gasteiger partial charge in [0.1, 0.15) is 13.2 Å². The molecule has 0 saturated heterocycles. The van der Waals surface area contributed by atoms with Crippen molar-refractivity contribution in [3.05, 3.63) is 85.1 Å². The van der Waals surface area contributed by atoms with E-state index in [4.69, 9.17) is 18.9 Å². The van der Waals surface area contributed by atoms with Gasteiger partial charge in [0.2, 0.25) is 0 Å². The van der Waals surface area contributed by atoms with Crippen LogP contribution >= 0.6 is 0 Å². The molecule has 0 aliphatic carbocycles. The molecule has 0 spiro atoms. The summed E-state index contributed by atoms with van der Waals surface area (Å²) in [6.07, 6.45) is 53.2. The monoisotopic (exact) mass is 868 g/mol. The number of nitrogens with zero attached hydrogens (tertiary/aromatic N) is 1. The molecule has 0 bridgehead atoms. The van der Waals surface area contributed by atoms with Crippen molar-refractivity contribution >= 4 is 17.9 Å². The van der Waals surface area contributed by atoms with Gasteiger partial charge in [-0.2, -0.15) is 0 Å². The van der Waals surface area contributed by atoms with Gasteiger partial charge in [-0.3, -0.25) is 9.59 Å². The van der Waals surface area contributed by atoms with Crippen molar-refractivity contribution < 1.29 is 42.9 Å². The molecule has 0 amide bonds. The fourth-order valence-corrected chi connectivity index (χ4v) is 6.11. The Balaban J connectivity index is 4.42. The number of rotatable bonds is 43. The highest BCUT2D eigenvalue weighted by Gasteiger charge is 2.21. The van der Waals surface area contributed by atoms with Crippen LogP contribution in [0, 0.1) is 0 Å². The molecule has 0 radical (unpaired) electrons. The maximum atomic E-state index is 12.8. The highest BCUT2D eigenvalue weighted by atomic mass is 16.7. The minimum atomic E-state index is -1.63. The molecule has 9 heteroatoms. The van der Waals surface area contributed by atoms with Gasteiger partial charge in [0.15, 0.2) is 12.4 Å². The third-order valence-corrected chi connectivity index (χ3v) is 9.88. The van der Waals surface area contributed by atoms with E-state index < -0.39 is 24.3 Å². The Labute approximate surface area is 379 Å². The molecule has 0 fully saturated rings. The van der Waals surface area contributed by atoms with Crippen LogP contribution < -0.4 is 5.11 Å². The molecule has 0 aliphatic rings. The van der Waals surface area contributed by atoms with Crippen LogP contribution in [0.15, 0.2) is 85.1 Å². The van der Waals surface area contributed by atoms with E-state index in [9.17, 15) is 19.5 Å². The number of likely N-dealkylation sites (N-methyl/N-ethyl adjacent to an activating group) is 1. The molecule has 0 N–H and O–H groups in total. The fourth-order valence-electron chi connectivity index (χ4n) is 6.11. The Kier molecular flexibility index (Phi) is 41.6. The van der Waals surface area contributed by atoms with Gasteiger partial charge >= 0.3 is 11.9 Å². The lowest BCUT2D eigenvalue weighted by Crippen LogP contribution is -2.44. The zero-order valence-corrected chi connectivity index (χ0v) is 40.0. The first-order chi connectivity index (χ1) is 30.1. The Bertz CT molecular complexity index is 1290. The number of carbonyl (C=O) groups is 3. The van der Waals surface area contributed by atoms with Crippen molar-refractivity contribution in [1.29, 1.82) is 0 Å². The van der Waals surface area contributed by atoms with Crippen LogP contribution in [0.2, 0.25) is 0 Å². The topological polar surface area (TPSA) is 111 Å². The Hall–Kier alpha value is -3.53. The molecule has 0 aromatic carbocycles. The third kappa shape index (κ3) is 44.5. The van der Waals surface area contributed by atoms with Gasteiger partial charge < -0.3 is 33.3 Å². The summed E-state index contributed by atoms with van der Waals surface area (Å²) in [5, 5.41) is 11.7. The highest BCUT2D eigenvalue weighted by Crippen LogP contribution is 2.13. The number of aliphatic carboxylic acids is 1. The van der Waals surface area contributed by atoms with E-state index in [1.54, 1.807) is 0 Å². The minimum absolute atomic E-state index is 0.138. The molecule has 9 nitrogen and oxygen atoms in total. The minimum Gasteiger partial charge on any atom is -0.545 e. The molecule has 0 aromatic heterocycles. The first-order valence-corrected chi connectivity index (χ1v) is 24.2. The summed E-state index contributed by atoms with van der Waals surface area (Å²) in [7, 11) is 5.89. The maximum absolute atomic E-state index is 12.8. The van der Waals surface area contributed by atoms with Gasteiger partial charge in [-0.1, -0.05) is 163 Å². The molecule has 0 saturated carbocycles. The Morgan fingerprint density at radius 3 is 1.37 bits per heavy atom. The average Bonchev–Trinajstić information content (AvgIpc) is 3.23. The van der Waals surface area contributed by atoms with Crippen molar-refractivity contribution in [3.8, 4) is 0 Å². The lowest BCUT2D eigenvalue weighted by atomic mass is 10.1. The van der Waals surface area contributed by atoms with Crippen molar-refractivity contribution in [1.82, 2.24) is 0 Å². The molecular formula is C53H89NO8. The lowest BCUT2D eigenvalue weighted by Gasteiger charge is -2.26. The van der Waals surface area contributed by atoms with Crippen molar-refractivity contribution in [2.75, 3.05) is 47.5 Å². The van der Waals surface area contributed by atoms with E-state index in [1.807, 2.05) is 21.1 Å². The predicted octanol–water partition coefficient (Wildman–Crippen LogP) is 11.9. The summed E-state index contributed by atoms with van der Waals surface area (Å²) in [6.45, 7) is 4.54. The first-order valence-electron chi connectivity index (χ1n) is 24.2. The quantitative estimate of drug-likeness (QED) is 0.0196. The maximum Gasteiger partial charge on any atom is 0.306 e. The van der Waals surface area contributed by atoms with Gasteiger partial charge in [-0.25, -0.2) is 0 Å². The van der Waals surface area contributed by atoms with E-state index in [0.717, 1.165) is 109 Å². The van der Waals surface area contributed by atoms with Crippen molar-refractivity contribution in [2.24, 2.45) is 0 Å². The molecule has 0 heterocycles. The Morgan fingerprint density at radius 2 is 0.919 bits per heavy atom. The smallest absolute Gasteiger partial charge is 0.306 e.